The van der Waals surface area contributed by atoms with Gasteiger partial charge < -0.3 is 15.4 Å². The molecule has 2 N–H and O–H groups in total. The summed E-state index contributed by atoms with van der Waals surface area (Å²) in [5, 5.41) is 5.59. The monoisotopic (exact) mass is 348 g/mol. The average Bonchev–Trinajstić information content (AvgIpc) is 2.45. The molecule has 0 aromatic heterocycles. The molecule has 0 saturated carbocycles. The highest BCUT2D eigenvalue weighted by atomic mass is 16.6. The SMILES string of the molecule is C[C@H](CCCc1ccccc1)NC(=O)C(C)(C)NC(=O)OC(C)(C)C. The minimum Gasteiger partial charge on any atom is -0.444 e. The summed E-state index contributed by atoms with van der Waals surface area (Å²) in [4.78, 5) is 24.3. The van der Waals surface area contributed by atoms with Gasteiger partial charge in [0.25, 0.3) is 0 Å². The highest BCUT2D eigenvalue weighted by molar-refractivity contribution is 5.89. The van der Waals surface area contributed by atoms with Crippen molar-refractivity contribution in [1.29, 1.82) is 0 Å². The van der Waals surface area contributed by atoms with Crippen LogP contribution in [0.3, 0.4) is 0 Å². The molecule has 1 aromatic rings. The quantitative estimate of drug-likeness (QED) is 0.787. The normalized spacial score (nSPS) is 13.0. The van der Waals surface area contributed by atoms with Crippen LogP contribution in [0.2, 0.25) is 0 Å². The fourth-order valence-corrected chi connectivity index (χ4v) is 2.35. The van der Waals surface area contributed by atoms with Gasteiger partial charge in [0.2, 0.25) is 5.91 Å². The second kappa shape index (κ2) is 8.88. The molecular formula is C20H32N2O3. The molecule has 0 fully saturated rings. The summed E-state index contributed by atoms with van der Waals surface area (Å²) in [6.07, 6.45) is 2.26. The number of carbonyl (C=O) groups excluding carboxylic acids is 2. The Morgan fingerprint density at radius 3 is 2.24 bits per heavy atom. The van der Waals surface area contributed by atoms with E-state index in [2.05, 4.69) is 22.8 Å². The van der Waals surface area contributed by atoms with Crippen molar-refractivity contribution in [3.8, 4) is 0 Å². The van der Waals surface area contributed by atoms with Gasteiger partial charge in [0, 0.05) is 6.04 Å². The molecule has 0 radical (unpaired) electrons. The smallest absolute Gasteiger partial charge is 0.408 e. The van der Waals surface area contributed by atoms with Gasteiger partial charge in [-0.1, -0.05) is 30.3 Å². The number of hydrogen-bond acceptors (Lipinski definition) is 3. The fraction of sp³-hybridized carbons (Fsp3) is 0.600. The van der Waals surface area contributed by atoms with Crippen molar-refractivity contribution in [3.63, 3.8) is 0 Å². The lowest BCUT2D eigenvalue weighted by Crippen LogP contribution is -2.57. The first-order chi connectivity index (χ1) is 11.5. The number of benzene rings is 1. The summed E-state index contributed by atoms with van der Waals surface area (Å²) >= 11 is 0. The van der Waals surface area contributed by atoms with E-state index in [1.54, 1.807) is 34.6 Å². The molecule has 25 heavy (non-hydrogen) atoms. The van der Waals surface area contributed by atoms with Gasteiger partial charge in [0.05, 0.1) is 0 Å². The molecule has 0 spiro atoms. The lowest BCUT2D eigenvalue weighted by atomic mass is 10.0. The van der Waals surface area contributed by atoms with Crippen molar-refractivity contribution in [2.75, 3.05) is 0 Å². The van der Waals surface area contributed by atoms with Gasteiger partial charge in [-0.3, -0.25) is 4.79 Å². The van der Waals surface area contributed by atoms with Crippen LogP contribution in [0.1, 0.15) is 59.9 Å². The van der Waals surface area contributed by atoms with Gasteiger partial charge >= 0.3 is 6.09 Å². The largest absolute Gasteiger partial charge is 0.444 e. The van der Waals surface area contributed by atoms with Crippen LogP contribution < -0.4 is 10.6 Å². The van der Waals surface area contributed by atoms with Crippen molar-refractivity contribution in [1.82, 2.24) is 10.6 Å². The lowest BCUT2D eigenvalue weighted by Gasteiger charge is -2.29. The van der Waals surface area contributed by atoms with E-state index in [4.69, 9.17) is 4.74 Å². The second-order valence-electron chi connectivity index (χ2n) is 8.00. The third-order valence-corrected chi connectivity index (χ3v) is 3.70. The number of ether oxygens (including phenoxy) is 1. The molecule has 5 heteroatoms. The predicted molar refractivity (Wildman–Crippen MR) is 100 cm³/mol. The molecule has 140 valence electrons. The lowest BCUT2D eigenvalue weighted by molar-refractivity contribution is -0.127. The van der Waals surface area contributed by atoms with Crippen LogP contribution >= 0.6 is 0 Å². The molecule has 2 amide bonds. The number of alkyl carbamates (subject to hydrolysis) is 1. The first-order valence-corrected chi connectivity index (χ1v) is 8.86. The molecule has 5 nitrogen and oxygen atoms in total. The van der Waals surface area contributed by atoms with Gasteiger partial charge in [0.1, 0.15) is 11.1 Å². The van der Waals surface area contributed by atoms with Gasteiger partial charge in [-0.25, -0.2) is 4.79 Å². The van der Waals surface area contributed by atoms with E-state index >= 15 is 0 Å². The zero-order chi connectivity index (χ0) is 19.1. The molecule has 0 saturated heterocycles. The standard InChI is InChI=1S/C20H32N2O3/c1-15(11-10-14-16-12-8-7-9-13-16)21-17(23)20(5,6)22-18(24)25-19(2,3)4/h7-9,12-13,15H,10-11,14H2,1-6H3,(H,21,23)(H,22,24)/t15-/m1/s1. The van der Waals surface area contributed by atoms with Crippen LogP contribution in [0.5, 0.6) is 0 Å². The predicted octanol–water partition coefficient (Wildman–Crippen LogP) is 3.82. The van der Waals surface area contributed by atoms with E-state index in [1.807, 2.05) is 25.1 Å². The number of carbonyl (C=O) groups is 2. The molecule has 0 aliphatic carbocycles. The number of aryl methyl sites for hydroxylation is 1. The molecule has 0 bridgehead atoms. The molecular weight excluding hydrogens is 316 g/mol. The minimum absolute atomic E-state index is 0.0379. The van der Waals surface area contributed by atoms with E-state index in [-0.39, 0.29) is 11.9 Å². The Morgan fingerprint density at radius 2 is 1.68 bits per heavy atom. The number of rotatable bonds is 7. The number of nitrogens with one attached hydrogen (secondary N) is 2. The van der Waals surface area contributed by atoms with E-state index in [0.29, 0.717) is 0 Å². The van der Waals surface area contributed by atoms with Crippen molar-refractivity contribution in [2.24, 2.45) is 0 Å². The average molecular weight is 348 g/mol. The summed E-state index contributed by atoms with van der Waals surface area (Å²) in [5.74, 6) is -0.217. The van der Waals surface area contributed by atoms with Gasteiger partial charge in [-0.2, -0.15) is 0 Å². The molecule has 0 heterocycles. The van der Waals surface area contributed by atoms with Crippen molar-refractivity contribution >= 4 is 12.0 Å². The summed E-state index contributed by atoms with van der Waals surface area (Å²) in [6, 6.07) is 10.3. The van der Waals surface area contributed by atoms with Crippen LogP contribution in [0, 0.1) is 0 Å². The van der Waals surface area contributed by atoms with Crippen molar-refractivity contribution in [2.45, 2.75) is 78.0 Å². The third kappa shape index (κ3) is 8.57. The zero-order valence-corrected chi connectivity index (χ0v) is 16.3. The highest BCUT2D eigenvalue weighted by Crippen LogP contribution is 2.11. The van der Waals surface area contributed by atoms with Crippen LogP contribution in [0.4, 0.5) is 4.79 Å². The summed E-state index contributed by atoms with van der Waals surface area (Å²) in [7, 11) is 0. The van der Waals surface area contributed by atoms with Gasteiger partial charge in [0.15, 0.2) is 0 Å². The first kappa shape index (κ1) is 21.0. The maximum atomic E-state index is 12.4. The molecule has 0 aliphatic heterocycles. The zero-order valence-electron chi connectivity index (χ0n) is 16.3. The Bertz CT molecular complexity index is 562. The Hall–Kier alpha value is -2.04. The fourth-order valence-electron chi connectivity index (χ4n) is 2.35. The Kier molecular flexibility index (Phi) is 7.46. The molecule has 1 rings (SSSR count). The Balaban J connectivity index is 2.40. The van der Waals surface area contributed by atoms with Crippen LogP contribution in [0.15, 0.2) is 30.3 Å². The van der Waals surface area contributed by atoms with Gasteiger partial charge in [-0.15, -0.1) is 0 Å². The summed E-state index contributed by atoms with van der Waals surface area (Å²) < 4.78 is 5.21. The molecule has 1 atom stereocenters. The van der Waals surface area contributed by atoms with E-state index < -0.39 is 17.2 Å². The van der Waals surface area contributed by atoms with Crippen LogP contribution in [-0.2, 0) is 16.0 Å². The minimum atomic E-state index is -1.03. The van der Waals surface area contributed by atoms with Crippen molar-refractivity contribution < 1.29 is 14.3 Å². The van der Waals surface area contributed by atoms with Crippen LogP contribution in [0.25, 0.3) is 0 Å². The topological polar surface area (TPSA) is 67.4 Å². The van der Waals surface area contributed by atoms with E-state index in [0.717, 1.165) is 19.3 Å². The Morgan fingerprint density at radius 1 is 1.08 bits per heavy atom. The van der Waals surface area contributed by atoms with Crippen LogP contribution in [-0.4, -0.2) is 29.2 Å². The summed E-state index contributed by atoms with van der Waals surface area (Å²) in [5.41, 5.74) is -0.329. The van der Waals surface area contributed by atoms with E-state index in [9.17, 15) is 9.59 Å². The van der Waals surface area contributed by atoms with Gasteiger partial charge in [-0.05, 0) is 66.4 Å². The molecule has 0 unspecified atom stereocenters. The number of hydrogen-bond donors (Lipinski definition) is 2. The molecule has 1 aromatic carbocycles. The Labute approximate surface area is 151 Å². The highest BCUT2D eigenvalue weighted by Gasteiger charge is 2.32. The maximum absolute atomic E-state index is 12.4. The molecule has 0 aliphatic rings. The number of amides is 2. The third-order valence-electron chi connectivity index (χ3n) is 3.70. The van der Waals surface area contributed by atoms with Crippen molar-refractivity contribution in [3.05, 3.63) is 35.9 Å². The maximum Gasteiger partial charge on any atom is 0.408 e. The van der Waals surface area contributed by atoms with E-state index in [1.165, 1.54) is 5.56 Å². The summed E-state index contributed by atoms with van der Waals surface area (Å²) in [6.45, 7) is 10.7. The first-order valence-electron chi connectivity index (χ1n) is 8.86. The second-order valence-corrected chi connectivity index (χ2v) is 8.00.